The Kier molecular flexibility index (Phi) is 8.53. The zero-order valence-electron chi connectivity index (χ0n) is 24.1. The van der Waals surface area contributed by atoms with Crippen molar-refractivity contribution in [2.45, 2.75) is 63.5 Å². The average molecular weight is 583 g/mol. The maximum atomic E-state index is 14.6. The molecule has 12 heteroatoms. The highest BCUT2D eigenvalue weighted by atomic mass is 19.1. The lowest BCUT2D eigenvalue weighted by atomic mass is 9.85. The quantitative estimate of drug-likeness (QED) is 0.378. The van der Waals surface area contributed by atoms with Gasteiger partial charge in [-0.2, -0.15) is 4.98 Å². The van der Waals surface area contributed by atoms with Crippen LogP contribution in [0.1, 0.15) is 57.4 Å². The Morgan fingerprint density at radius 1 is 1.00 bits per heavy atom. The van der Waals surface area contributed by atoms with Crippen LogP contribution in [-0.2, 0) is 4.79 Å². The van der Waals surface area contributed by atoms with E-state index in [9.17, 15) is 18.7 Å². The largest absolute Gasteiger partial charge is 0.396 e. The number of nitrogens with one attached hydrogen (secondary N) is 2. The minimum atomic E-state index is -0.706. The smallest absolute Gasteiger partial charge is 0.225 e. The van der Waals surface area contributed by atoms with E-state index < -0.39 is 11.6 Å². The molecule has 3 N–H and O–H groups in total. The van der Waals surface area contributed by atoms with Gasteiger partial charge in [0.2, 0.25) is 17.8 Å². The van der Waals surface area contributed by atoms with E-state index in [0.717, 1.165) is 83.6 Å². The molecule has 6 rings (SSSR count). The van der Waals surface area contributed by atoms with E-state index in [-0.39, 0.29) is 36.2 Å². The summed E-state index contributed by atoms with van der Waals surface area (Å²) < 4.78 is 30.2. The van der Waals surface area contributed by atoms with Crippen molar-refractivity contribution in [3.8, 4) is 0 Å². The first-order valence-corrected chi connectivity index (χ1v) is 15.2. The number of carbonyl (C=O) groups is 1. The molecule has 1 aliphatic heterocycles. The van der Waals surface area contributed by atoms with Crippen molar-refractivity contribution in [1.82, 2.24) is 29.3 Å². The molecule has 1 aromatic carbocycles. The van der Waals surface area contributed by atoms with Crippen LogP contribution in [0, 0.1) is 23.5 Å². The summed E-state index contributed by atoms with van der Waals surface area (Å²) in [6.07, 6.45) is 8.50. The van der Waals surface area contributed by atoms with Gasteiger partial charge in [0.05, 0.1) is 11.9 Å². The number of anilines is 3. The molecule has 0 radical (unpaired) electrons. The number of halogens is 2. The molecule has 3 aromatic rings. The third kappa shape index (κ3) is 6.19. The predicted molar refractivity (Wildman–Crippen MR) is 156 cm³/mol. The second-order valence-corrected chi connectivity index (χ2v) is 12.1. The maximum Gasteiger partial charge on any atom is 0.225 e. The minimum absolute atomic E-state index is 0.000270. The third-order valence-corrected chi connectivity index (χ3v) is 9.27. The van der Waals surface area contributed by atoms with Gasteiger partial charge in [-0.05, 0) is 76.5 Å². The molecule has 0 atom stereocenters. The summed E-state index contributed by atoms with van der Waals surface area (Å²) in [7, 11) is 2.08. The Labute approximate surface area is 244 Å². The Morgan fingerprint density at radius 3 is 2.43 bits per heavy atom. The van der Waals surface area contributed by atoms with Gasteiger partial charge in [0.25, 0.3) is 0 Å². The first-order valence-electron chi connectivity index (χ1n) is 15.2. The number of likely N-dealkylation sites (N-methyl/N-ethyl adjacent to an activating group) is 1. The number of benzene rings is 1. The number of nitrogens with zero attached hydrogens (tertiary/aromatic N) is 6. The minimum Gasteiger partial charge on any atom is -0.396 e. The lowest BCUT2D eigenvalue weighted by molar-refractivity contribution is -0.138. The number of hydrogen-bond donors (Lipinski definition) is 3. The Balaban J connectivity index is 1.24. The number of imidazole rings is 1. The van der Waals surface area contributed by atoms with Gasteiger partial charge >= 0.3 is 0 Å². The molecule has 1 amide bonds. The van der Waals surface area contributed by atoms with E-state index in [1.54, 1.807) is 6.20 Å². The summed E-state index contributed by atoms with van der Waals surface area (Å²) in [6, 6.07) is 3.64. The number of carbonyl (C=O) groups excluding carboxylic acids is 1. The molecule has 3 heterocycles. The zero-order chi connectivity index (χ0) is 29.2. The number of rotatable bonds is 7. The molecule has 10 nitrogen and oxygen atoms in total. The highest BCUT2D eigenvalue weighted by Crippen LogP contribution is 2.38. The number of amides is 1. The second-order valence-electron chi connectivity index (χ2n) is 12.1. The molecule has 0 bridgehead atoms. The van der Waals surface area contributed by atoms with Crippen molar-refractivity contribution in [1.29, 1.82) is 0 Å². The molecule has 0 spiro atoms. The lowest BCUT2D eigenvalue weighted by Crippen LogP contribution is -2.49. The summed E-state index contributed by atoms with van der Waals surface area (Å²) in [4.78, 5) is 31.6. The lowest BCUT2D eigenvalue weighted by Gasteiger charge is -2.37. The summed E-state index contributed by atoms with van der Waals surface area (Å²) in [5.74, 6) is 0.159. The van der Waals surface area contributed by atoms with Crippen LogP contribution in [0.5, 0.6) is 0 Å². The van der Waals surface area contributed by atoms with Crippen LogP contribution < -0.4 is 10.6 Å². The van der Waals surface area contributed by atoms with Gasteiger partial charge in [-0.25, -0.2) is 18.7 Å². The molecular formula is C30H40F2N8O2. The van der Waals surface area contributed by atoms with Crippen LogP contribution in [-0.4, -0.2) is 86.2 Å². The van der Waals surface area contributed by atoms with Crippen LogP contribution in [0.3, 0.4) is 0 Å². The fraction of sp³-hybridized carbons (Fsp3) is 0.600. The predicted octanol–water partition coefficient (Wildman–Crippen LogP) is 4.32. The second kappa shape index (κ2) is 12.5. The van der Waals surface area contributed by atoms with E-state index >= 15 is 0 Å². The third-order valence-electron chi connectivity index (χ3n) is 9.27. The highest BCUT2D eigenvalue weighted by molar-refractivity contribution is 5.79. The number of aromatic nitrogens is 4. The van der Waals surface area contributed by atoms with Crippen molar-refractivity contribution >= 4 is 34.7 Å². The van der Waals surface area contributed by atoms with Crippen LogP contribution in [0.4, 0.5) is 26.4 Å². The highest BCUT2D eigenvalue weighted by Gasteiger charge is 2.33. The van der Waals surface area contributed by atoms with Gasteiger partial charge in [0, 0.05) is 56.9 Å². The van der Waals surface area contributed by atoms with Gasteiger partial charge in [-0.1, -0.05) is 0 Å². The normalized spacial score (nSPS) is 25.5. The van der Waals surface area contributed by atoms with Gasteiger partial charge < -0.3 is 25.5 Å². The fourth-order valence-corrected chi connectivity index (χ4v) is 6.64. The Morgan fingerprint density at radius 2 is 1.74 bits per heavy atom. The van der Waals surface area contributed by atoms with Crippen molar-refractivity contribution in [3.05, 3.63) is 36.0 Å². The molecule has 0 unspecified atom stereocenters. The summed E-state index contributed by atoms with van der Waals surface area (Å²) in [5.41, 5.74) is 1.33. The Bertz CT molecular complexity index is 1390. The number of hydrogen-bond acceptors (Lipinski definition) is 8. The number of fused-ring (bicyclic) bond motifs is 1. The van der Waals surface area contributed by atoms with Crippen LogP contribution in [0.2, 0.25) is 0 Å². The van der Waals surface area contributed by atoms with Crippen molar-refractivity contribution in [2.75, 3.05) is 50.5 Å². The molecule has 3 fully saturated rings. The van der Waals surface area contributed by atoms with Crippen molar-refractivity contribution in [3.63, 3.8) is 0 Å². The molecule has 2 aromatic heterocycles. The molecule has 3 aliphatic rings. The van der Waals surface area contributed by atoms with Gasteiger partial charge in [-0.15, -0.1) is 0 Å². The van der Waals surface area contributed by atoms with Crippen LogP contribution in [0.15, 0.2) is 24.4 Å². The van der Waals surface area contributed by atoms with Gasteiger partial charge in [0.15, 0.2) is 5.65 Å². The van der Waals surface area contributed by atoms with Crippen LogP contribution in [0.25, 0.3) is 11.2 Å². The Hall–Kier alpha value is -3.38. The zero-order valence-corrected chi connectivity index (χ0v) is 24.1. The van der Waals surface area contributed by atoms with Crippen molar-refractivity contribution < 1.29 is 18.7 Å². The van der Waals surface area contributed by atoms with Gasteiger partial charge in [0.1, 0.15) is 17.2 Å². The fourth-order valence-electron chi connectivity index (χ4n) is 6.64. The number of aliphatic hydroxyl groups excluding tert-OH is 1. The average Bonchev–Trinajstić information content (AvgIpc) is 3.36. The summed E-state index contributed by atoms with van der Waals surface area (Å²) in [5, 5.41) is 16.0. The first kappa shape index (κ1) is 28.7. The monoisotopic (exact) mass is 582 g/mol. The van der Waals surface area contributed by atoms with E-state index in [1.807, 2.05) is 9.47 Å². The summed E-state index contributed by atoms with van der Waals surface area (Å²) >= 11 is 0. The molecule has 2 saturated carbocycles. The summed E-state index contributed by atoms with van der Waals surface area (Å²) in [6.45, 7) is 3.56. The molecular weight excluding hydrogens is 542 g/mol. The molecule has 1 saturated heterocycles. The first-order chi connectivity index (χ1) is 20.4. The van der Waals surface area contributed by atoms with Gasteiger partial charge in [-0.3, -0.25) is 9.36 Å². The number of piperazine rings is 1. The number of aliphatic hydroxyl groups is 1. The molecule has 2 aliphatic carbocycles. The van der Waals surface area contributed by atoms with Crippen molar-refractivity contribution in [2.24, 2.45) is 11.8 Å². The standard InChI is InChI=1S/C30H40F2N8O2/c1-38-12-14-39(15-13-38)28(42)20-4-9-23(10-5-20)40-27-26(36-30(40)35-25-11-6-21(31)16-24(25)32)17-33-29(37-27)34-22-7-2-19(18-41)3-8-22/h6,11,16-17,19-20,22-23,41H,2-5,7-10,12-15,18H2,1H3,(H,35,36)(H,33,34,37)/t19-,20-,22-,23+. The topological polar surface area (TPSA) is 111 Å². The SMILES string of the molecule is CN1CCN(C(=O)[C@H]2CC[C@@H](n3c(Nc4ccc(F)cc4F)nc4cnc(N[C@H]5CC[C@H](CO)CC5)nc43)CC2)CC1. The maximum absolute atomic E-state index is 14.6. The van der Waals surface area contributed by atoms with E-state index in [0.29, 0.717) is 29.0 Å². The van der Waals surface area contributed by atoms with E-state index in [2.05, 4.69) is 27.6 Å². The molecule has 42 heavy (non-hydrogen) atoms. The molecule has 226 valence electrons. The van der Waals surface area contributed by atoms with Crippen LogP contribution >= 0.6 is 0 Å². The van der Waals surface area contributed by atoms with E-state index in [4.69, 9.17) is 9.97 Å². The van der Waals surface area contributed by atoms with E-state index in [1.165, 1.54) is 12.1 Å².